The molecule has 3 rings (SSSR count). The van der Waals surface area contributed by atoms with Crippen LogP contribution in [-0.4, -0.2) is 39.8 Å². The van der Waals surface area contributed by atoms with Gasteiger partial charge in [0.15, 0.2) is 0 Å². The second kappa shape index (κ2) is 7.94. The van der Waals surface area contributed by atoms with Crippen LogP contribution in [0.1, 0.15) is 31.9 Å². The first-order chi connectivity index (χ1) is 13.6. The highest BCUT2D eigenvalue weighted by Crippen LogP contribution is 2.39. The first kappa shape index (κ1) is 21.0. The Bertz CT molecular complexity index is 1000. The Kier molecular flexibility index (Phi) is 5.75. The molecule has 1 amide bonds. The van der Waals surface area contributed by atoms with Crippen LogP contribution in [0.3, 0.4) is 0 Å². The fourth-order valence-electron chi connectivity index (χ4n) is 3.47. The summed E-state index contributed by atoms with van der Waals surface area (Å²) in [6.07, 6.45) is 1.65. The van der Waals surface area contributed by atoms with Gasteiger partial charge < -0.3 is 14.8 Å². The van der Waals surface area contributed by atoms with Gasteiger partial charge in [0.1, 0.15) is 23.6 Å². The molecule has 0 radical (unpaired) electrons. The average Bonchev–Trinajstić information content (AvgIpc) is 2.64. The number of sulfonamides is 1. The van der Waals surface area contributed by atoms with E-state index < -0.39 is 21.5 Å². The van der Waals surface area contributed by atoms with Crippen LogP contribution in [-0.2, 0) is 14.8 Å². The number of rotatable bonds is 6. The van der Waals surface area contributed by atoms with E-state index in [4.69, 9.17) is 9.47 Å². The van der Waals surface area contributed by atoms with E-state index in [1.165, 1.54) is 7.11 Å². The van der Waals surface area contributed by atoms with Crippen molar-refractivity contribution in [1.82, 2.24) is 5.32 Å². The van der Waals surface area contributed by atoms with Gasteiger partial charge in [0.05, 0.1) is 25.1 Å². The summed E-state index contributed by atoms with van der Waals surface area (Å²) in [7, 11) is -2.17. The minimum atomic E-state index is -3.67. The molecule has 0 aliphatic carbocycles. The number of benzene rings is 2. The molecule has 1 N–H and O–H groups in total. The smallest absolute Gasteiger partial charge is 0.241 e. The molecule has 0 unspecified atom stereocenters. The predicted molar refractivity (Wildman–Crippen MR) is 112 cm³/mol. The quantitative estimate of drug-likeness (QED) is 0.780. The molecule has 0 saturated carbocycles. The molecule has 1 aliphatic heterocycles. The topological polar surface area (TPSA) is 84.9 Å². The molecule has 0 bridgehead atoms. The minimum Gasteiger partial charge on any atom is -0.497 e. The van der Waals surface area contributed by atoms with Gasteiger partial charge >= 0.3 is 0 Å². The van der Waals surface area contributed by atoms with Crippen LogP contribution in [0.25, 0.3) is 0 Å². The Hall–Kier alpha value is -2.74. The fraction of sp³-hybridized carbons (Fsp3) is 0.381. The van der Waals surface area contributed by atoms with Crippen molar-refractivity contribution in [3.8, 4) is 11.5 Å². The maximum atomic E-state index is 12.8. The van der Waals surface area contributed by atoms with Crippen molar-refractivity contribution in [3.63, 3.8) is 0 Å². The highest BCUT2D eigenvalue weighted by atomic mass is 32.2. The summed E-state index contributed by atoms with van der Waals surface area (Å²) in [5.41, 5.74) is 0.803. The van der Waals surface area contributed by atoms with Gasteiger partial charge in [-0.25, -0.2) is 8.42 Å². The lowest BCUT2D eigenvalue weighted by Crippen LogP contribution is -2.45. The first-order valence-corrected chi connectivity index (χ1v) is 11.1. The molecule has 156 valence electrons. The monoisotopic (exact) mass is 418 g/mol. The summed E-state index contributed by atoms with van der Waals surface area (Å²) in [5.74, 6) is 0.842. The van der Waals surface area contributed by atoms with Gasteiger partial charge in [-0.05, 0) is 32.0 Å². The lowest BCUT2D eigenvalue weighted by atomic mass is 9.89. The molecular formula is C21H26N2O5S. The van der Waals surface area contributed by atoms with Crippen LogP contribution in [0, 0.1) is 0 Å². The van der Waals surface area contributed by atoms with Gasteiger partial charge in [0, 0.05) is 18.1 Å². The molecule has 2 aromatic rings. The van der Waals surface area contributed by atoms with Crippen molar-refractivity contribution in [2.45, 2.75) is 31.9 Å². The van der Waals surface area contributed by atoms with E-state index in [1.807, 2.05) is 38.1 Å². The van der Waals surface area contributed by atoms with Crippen molar-refractivity contribution in [2.24, 2.45) is 0 Å². The Morgan fingerprint density at radius 1 is 1.24 bits per heavy atom. The molecule has 2 aromatic carbocycles. The lowest BCUT2D eigenvalue weighted by molar-refractivity contribution is -0.120. The van der Waals surface area contributed by atoms with E-state index in [1.54, 1.807) is 24.3 Å². The van der Waals surface area contributed by atoms with Crippen molar-refractivity contribution < 1.29 is 22.7 Å². The molecular weight excluding hydrogens is 392 g/mol. The molecule has 8 heteroatoms. The third-order valence-corrected chi connectivity index (χ3v) is 5.88. The maximum Gasteiger partial charge on any atom is 0.241 e. The van der Waals surface area contributed by atoms with E-state index in [0.29, 0.717) is 17.9 Å². The number of anilines is 1. The minimum absolute atomic E-state index is 0.269. The number of fused-ring (bicyclic) bond motifs is 1. The third kappa shape index (κ3) is 5.00. The molecule has 0 spiro atoms. The summed E-state index contributed by atoms with van der Waals surface area (Å²) in [4.78, 5) is 12.8. The summed E-state index contributed by atoms with van der Waals surface area (Å²) in [6.45, 7) is 3.59. The number of hydrogen-bond donors (Lipinski definition) is 1. The fourth-order valence-corrected chi connectivity index (χ4v) is 4.32. The van der Waals surface area contributed by atoms with Gasteiger partial charge in [0.2, 0.25) is 15.9 Å². The molecule has 1 atom stereocenters. The van der Waals surface area contributed by atoms with E-state index in [-0.39, 0.29) is 12.6 Å². The van der Waals surface area contributed by atoms with Crippen LogP contribution >= 0.6 is 0 Å². The number of ether oxygens (including phenoxy) is 2. The number of para-hydroxylation sites is 1. The second-order valence-corrected chi connectivity index (χ2v) is 9.60. The standard InChI is InChI=1S/C21H26N2O5S/c1-21(2)13-18(17-10-5-6-11-19(17)28-21)22-20(24)14-23(29(4,25)26)15-8-7-9-16(12-15)27-3/h5-12,18H,13-14H2,1-4H3,(H,22,24)/t18-/m1/s1. The van der Waals surface area contributed by atoms with Crippen LogP contribution in [0.5, 0.6) is 11.5 Å². The van der Waals surface area contributed by atoms with Crippen molar-refractivity contribution in [1.29, 1.82) is 0 Å². The van der Waals surface area contributed by atoms with E-state index >= 15 is 0 Å². The van der Waals surface area contributed by atoms with Crippen LogP contribution in [0.15, 0.2) is 48.5 Å². The highest BCUT2D eigenvalue weighted by molar-refractivity contribution is 7.92. The lowest BCUT2D eigenvalue weighted by Gasteiger charge is -2.38. The average molecular weight is 419 g/mol. The molecule has 0 saturated heterocycles. The SMILES string of the molecule is COc1cccc(N(CC(=O)N[C@@H]2CC(C)(C)Oc3ccccc32)S(C)(=O)=O)c1. The Balaban J connectivity index is 1.82. The number of carbonyl (C=O) groups is 1. The molecule has 0 fully saturated rings. The molecule has 29 heavy (non-hydrogen) atoms. The highest BCUT2D eigenvalue weighted by Gasteiger charge is 2.34. The summed E-state index contributed by atoms with van der Waals surface area (Å²) in [5, 5.41) is 2.98. The number of nitrogens with zero attached hydrogens (tertiary/aromatic N) is 1. The molecule has 0 aromatic heterocycles. The maximum absolute atomic E-state index is 12.8. The summed E-state index contributed by atoms with van der Waals surface area (Å²) < 4.78 is 36.9. The van der Waals surface area contributed by atoms with E-state index in [9.17, 15) is 13.2 Å². The Morgan fingerprint density at radius 2 is 1.97 bits per heavy atom. The van der Waals surface area contributed by atoms with Gasteiger partial charge in [-0.1, -0.05) is 24.3 Å². The zero-order valence-electron chi connectivity index (χ0n) is 17.0. The first-order valence-electron chi connectivity index (χ1n) is 9.28. The van der Waals surface area contributed by atoms with E-state index in [0.717, 1.165) is 21.9 Å². The number of methoxy groups -OCH3 is 1. The predicted octanol–water partition coefficient (Wildman–Crippen LogP) is 2.88. The van der Waals surface area contributed by atoms with Crippen LogP contribution < -0.4 is 19.1 Å². The largest absolute Gasteiger partial charge is 0.497 e. The number of amides is 1. The van der Waals surface area contributed by atoms with Crippen LogP contribution in [0.4, 0.5) is 5.69 Å². The van der Waals surface area contributed by atoms with Crippen molar-refractivity contribution in [2.75, 3.05) is 24.2 Å². The van der Waals surface area contributed by atoms with Gasteiger partial charge in [-0.2, -0.15) is 0 Å². The van der Waals surface area contributed by atoms with Crippen molar-refractivity contribution >= 4 is 21.6 Å². The van der Waals surface area contributed by atoms with Gasteiger partial charge in [-0.15, -0.1) is 0 Å². The number of carbonyl (C=O) groups excluding carboxylic acids is 1. The Labute approximate surface area is 171 Å². The van der Waals surface area contributed by atoms with E-state index in [2.05, 4.69) is 5.32 Å². The van der Waals surface area contributed by atoms with Gasteiger partial charge in [0.25, 0.3) is 0 Å². The molecule has 1 heterocycles. The van der Waals surface area contributed by atoms with Gasteiger partial charge in [-0.3, -0.25) is 9.10 Å². The third-order valence-electron chi connectivity index (χ3n) is 4.74. The zero-order chi connectivity index (χ0) is 21.2. The Morgan fingerprint density at radius 3 is 2.66 bits per heavy atom. The summed E-state index contributed by atoms with van der Waals surface area (Å²) in [6, 6.07) is 13.9. The van der Waals surface area contributed by atoms with Crippen LogP contribution in [0.2, 0.25) is 0 Å². The normalized spacial score (nSPS) is 17.6. The summed E-state index contributed by atoms with van der Waals surface area (Å²) >= 11 is 0. The van der Waals surface area contributed by atoms with Crippen molar-refractivity contribution in [3.05, 3.63) is 54.1 Å². The number of hydrogen-bond acceptors (Lipinski definition) is 5. The number of nitrogens with one attached hydrogen (secondary N) is 1. The second-order valence-electron chi connectivity index (χ2n) is 7.69. The molecule has 7 nitrogen and oxygen atoms in total. The zero-order valence-corrected chi connectivity index (χ0v) is 17.8. The molecule has 1 aliphatic rings.